The normalized spacial score (nSPS) is 19.3. The largest absolute Gasteiger partial charge is 0.356 e. The molecule has 2 aliphatic rings. The van der Waals surface area contributed by atoms with E-state index in [9.17, 15) is 4.39 Å². The first kappa shape index (κ1) is 17.5. The van der Waals surface area contributed by atoms with Crippen molar-refractivity contribution in [3.8, 4) is 0 Å². The van der Waals surface area contributed by atoms with Gasteiger partial charge in [-0.3, -0.25) is 4.99 Å². The van der Waals surface area contributed by atoms with Crippen molar-refractivity contribution in [3.05, 3.63) is 35.6 Å². The highest BCUT2D eigenvalue weighted by atomic mass is 127. The zero-order valence-electron chi connectivity index (χ0n) is 13.1. The van der Waals surface area contributed by atoms with Gasteiger partial charge in [-0.15, -0.1) is 24.0 Å². The molecule has 1 aromatic carbocycles. The number of halogens is 2. The van der Waals surface area contributed by atoms with Gasteiger partial charge in [0.05, 0.1) is 0 Å². The van der Waals surface area contributed by atoms with Crippen LogP contribution in [-0.2, 0) is 5.41 Å². The van der Waals surface area contributed by atoms with E-state index < -0.39 is 0 Å². The van der Waals surface area contributed by atoms with E-state index in [4.69, 9.17) is 0 Å². The first-order valence-corrected chi connectivity index (χ1v) is 7.93. The average molecular weight is 417 g/mol. The Bertz CT molecular complexity index is 524. The summed E-state index contributed by atoms with van der Waals surface area (Å²) in [5, 5.41) is 6.72. The topological polar surface area (TPSA) is 36.4 Å². The van der Waals surface area contributed by atoms with E-state index >= 15 is 0 Å². The molecule has 2 aliphatic carbocycles. The summed E-state index contributed by atoms with van der Waals surface area (Å²) < 4.78 is 14.0. The lowest BCUT2D eigenvalue weighted by atomic mass is 9.95. The fourth-order valence-corrected chi connectivity index (χ4v) is 2.86. The molecule has 2 saturated carbocycles. The summed E-state index contributed by atoms with van der Waals surface area (Å²) in [6.07, 6.45) is 6.06. The SMILES string of the molecule is CN=C(NCCC1CC1)NCC1(c2ccccc2F)CC1.I. The minimum absolute atomic E-state index is 0. The van der Waals surface area contributed by atoms with E-state index in [1.807, 2.05) is 12.1 Å². The molecule has 0 unspecified atom stereocenters. The summed E-state index contributed by atoms with van der Waals surface area (Å²) in [6.45, 7) is 1.72. The third-order valence-electron chi connectivity index (χ3n) is 4.66. The third-order valence-corrected chi connectivity index (χ3v) is 4.66. The molecule has 0 radical (unpaired) electrons. The monoisotopic (exact) mass is 417 g/mol. The van der Waals surface area contributed by atoms with Crippen LogP contribution in [0.25, 0.3) is 0 Å². The molecule has 5 heteroatoms. The van der Waals surface area contributed by atoms with E-state index in [1.54, 1.807) is 19.2 Å². The Morgan fingerprint density at radius 3 is 2.59 bits per heavy atom. The number of guanidine groups is 1. The molecule has 0 aromatic heterocycles. The molecule has 0 aliphatic heterocycles. The number of hydrogen-bond donors (Lipinski definition) is 2. The first-order valence-electron chi connectivity index (χ1n) is 7.93. The van der Waals surface area contributed by atoms with Crippen LogP contribution in [0, 0.1) is 11.7 Å². The summed E-state index contributed by atoms with van der Waals surface area (Å²) in [4.78, 5) is 4.25. The van der Waals surface area contributed by atoms with E-state index in [1.165, 1.54) is 19.3 Å². The van der Waals surface area contributed by atoms with Crippen molar-refractivity contribution < 1.29 is 4.39 Å². The summed E-state index contributed by atoms with van der Waals surface area (Å²) in [5.41, 5.74) is 0.797. The van der Waals surface area contributed by atoms with Crippen molar-refractivity contribution in [2.75, 3.05) is 20.1 Å². The van der Waals surface area contributed by atoms with Gasteiger partial charge in [-0.05, 0) is 36.8 Å². The van der Waals surface area contributed by atoms with Crippen LogP contribution in [0.5, 0.6) is 0 Å². The summed E-state index contributed by atoms with van der Waals surface area (Å²) in [6, 6.07) is 7.13. The highest BCUT2D eigenvalue weighted by Gasteiger charge is 2.45. The van der Waals surface area contributed by atoms with Gasteiger partial charge in [0.1, 0.15) is 5.82 Å². The first-order chi connectivity index (χ1) is 10.2. The van der Waals surface area contributed by atoms with E-state index in [0.717, 1.165) is 43.4 Å². The number of aliphatic imine (C=N–C) groups is 1. The lowest BCUT2D eigenvalue weighted by molar-refractivity contribution is 0.559. The van der Waals surface area contributed by atoms with E-state index in [2.05, 4.69) is 15.6 Å². The van der Waals surface area contributed by atoms with Gasteiger partial charge in [-0.25, -0.2) is 4.39 Å². The number of rotatable bonds is 6. The summed E-state index contributed by atoms with van der Waals surface area (Å²) >= 11 is 0. The van der Waals surface area contributed by atoms with Crippen LogP contribution in [0.3, 0.4) is 0 Å². The second-order valence-corrected chi connectivity index (χ2v) is 6.34. The Morgan fingerprint density at radius 2 is 2.00 bits per heavy atom. The Labute approximate surface area is 149 Å². The van der Waals surface area contributed by atoms with Crippen LogP contribution < -0.4 is 10.6 Å². The molecule has 0 heterocycles. The predicted octanol–water partition coefficient (Wildman–Crippen LogP) is 3.44. The molecule has 0 saturated heterocycles. The van der Waals surface area contributed by atoms with Gasteiger partial charge in [0, 0.05) is 25.6 Å². The molecule has 2 N–H and O–H groups in total. The van der Waals surface area contributed by atoms with Crippen LogP contribution in [0.1, 0.15) is 37.7 Å². The van der Waals surface area contributed by atoms with Crippen molar-refractivity contribution in [1.29, 1.82) is 0 Å². The molecule has 3 nitrogen and oxygen atoms in total. The average Bonchev–Trinajstić information content (AvgIpc) is 3.38. The van der Waals surface area contributed by atoms with E-state index in [0.29, 0.717) is 0 Å². The highest BCUT2D eigenvalue weighted by molar-refractivity contribution is 14.0. The Hall–Kier alpha value is -0.850. The maximum atomic E-state index is 14.0. The fraction of sp³-hybridized carbons (Fsp3) is 0.588. The fourth-order valence-electron chi connectivity index (χ4n) is 2.86. The zero-order chi connectivity index (χ0) is 14.7. The maximum absolute atomic E-state index is 14.0. The Morgan fingerprint density at radius 1 is 1.27 bits per heavy atom. The van der Waals surface area contributed by atoms with Gasteiger partial charge in [0.15, 0.2) is 5.96 Å². The number of hydrogen-bond acceptors (Lipinski definition) is 1. The number of benzene rings is 1. The van der Waals surface area contributed by atoms with E-state index in [-0.39, 0.29) is 35.2 Å². The van der Waals surface area contributed by atoms with Gasteiger partial charge in [-0.2, -0.15) is 0 Å². The van der Waals surface area contributed by atoms with Crippen molar-refractivity contribution in [2.45, 2.75) is 37.5 Å². The quantitative estimate of drug-likeness (QED) is 0.423. The number of nitrogens with zero attached hydrogens (tertiary/aromatic N) is 1. The minimum Gasteiger partial charge on any atom is -0.356 e. The lowest BCUT2D eigenvalue weighted by Gasteiger charge is -2.19. The molecule has 0 atom stereocenters. The molecule has 1 aromatic rings. The smallest absolute Gasteiger partial charge is 0.191 e. The Balaban J connectivity index is 0.00000176. The van der Waals surface area contributed by atoms with Crippen molar-refractivity contribution >= 4 is 29.9 Å². The number of nitrogens with one attached hydrogen (secondary N) is 2. The molecule has 0 amide bonds. The van der Waals surface area contributed by atoms with Crippen molar-refractivity contribution in [3.63, 3.8) is 0 Å². The predicted molar refractivity (Wildman–Crippen MR) is 99.4 cm³/mol. The van der Waals surface area contributed by atoms with Crippen LogP contribution in [0.2, 0.25) is 0 Å². The van der Waals surface area contributed by atoms with Crippen LogP contribution in [-0.4, -0.2) is 26.1 Å². The molecule has 22 heavy (non-hydrogen) atoms. The molecule has 2 fully saturated rings. The Kier molecular flexibility index (Phi) is 6.06. The second kappa shape index (κ2) is 7.62. The van der Waals surface area contributed by atoms with Crippen LogP contribution in [0.15, 0.2) is 29.3 Å². The highest BCUT2D eigenvalue weighted by Crippen LogP contribution is 2.48. The molecular formula is C17H25FIN3. The molecule has 3 rings (SSSR count). The van der Waals surface area contributed by atoms with Gasteiger partial charge in [0.2, 0.25) is 0 Å². The molecule has 122 valence electrons. The van der Waals surface area contributed by atoms with Gasteiger partial charge >= 0.3 is 0 Å². The third kappa shape index (κ3) is 4.33. The van der Waals surface area contributed by atoms with Gasteiger partial charge in [-0.1, -0.05) is 31.0 Å². The van der Waals surface area contributed by atoms with Crippen LogP contribution in [0.4, 0.5) is 4.39 Å². The summed E-state index contributed by atoms with van der Waals surface area (Å²) in [5.74, 6) is 1.66. The van der Waals surface area contributed by atoms with Crippen LogP contribution >= 0.6 is 24.0 Å². The standard InChI is InChI=1S/C17H24FN3.HI/c1-19-16(20-11-8-13-6-7-13)21-12-17(9-10-17)14-4-2-3-5-15(14)18;/h2-5,13H,6-12H2,1H3,(H2,19,20,21);1H. The minimum atomic E-state index is -0.0894. The summed E-state index contributed by atoms with van der Waals surface area (Å²) in [7, 11) is 1.79. The van der Waals surface area contributed by atoms with Crippen molar-refractivity contribution in [2.24, 2.45) is 10.9 Å². The molecular weight excluding hydrogens is 392 g/mol. The molecule has 0 bridgehead atoms. The zero-order valence-corrected chi connectivity index (χ0v) is 15.4. The van der Waals surface area contributed by atoms with Gasteiger partial charge in [0.25, 0.3) is 0 Å². The molecule has 0 spiro atoms. The van der Waals surface area contributed by atoms with Gasteiger partial charge < -0.3 is 10.6 Å². The lowest BCUT2D eigenvalue weighted by Crippen LogP contribution is -2.41. The van der Waals surface area contributed by atoms with Crippen molar-refractivity contribution in [1.82, 2.24) is 10.6 Å². The maximum Gasteiger partial charge on any atom is 0.191 e. The second-order valence-electron chi connectivity index (χ2n) is 6.34.